The molecule has 0 spiro atoms. The van der Waals surface area contributed by atoms with Crippen LogP contribution in [0.2, 0.25) is 0 Å². The quantitative estimate of drug-likeness (QED) is 0.487. The normalized spacial score (nSPS) is 14.0. The van der Waals surface area contributed by atoms with E-state index in [0.29, 0.717) is 12.8 Å². The number of nitrogens with zero attached hydrogens (tertiary/aromatic N) is 1. The van der Waals surface area contributed by atoms with Gasteiger partial charge in [-0.2, -0.15) is 0 Å². The summed E-state index contributed by atoms with van der Waals surface area (Å²) >= 11 is 0. The molecule has 0 N–H and O–H groups in total. The highest BCUT2D eigenvalue weighted by atomic mass is 16.6. The van der Waals surface area contributed by atoms with Crippen molar-refractivity contribution in [3.63, 3.8) is 0 Å². The van der Waals surface area contributed by atoms with Gasteiger partial charge in [-0.3, -0.25) is 14.9 Å². The van der Waals surface area contributed by atoms with Crippen molar-refractivity contribution < 1.29 is 9.72 Å². The largest absolute Gasteiger partial charge is 0.294 e. The summed E-state index contributed by atoms with van der Waals surface area (Å²) < 4.78 is 0. The van der Waals surface area contributed by atoms with Gasteiger partial charge in [0.15, 0.2) is 5.78 Å². The number of para-hydroxylation sites is 1. The highest BCUT2D eigenvalue weighted by Crippen LogP contribution is 2.31. The second-order valence-corrected chi connectivity index (χ2v) is 5.01. The smallest absolute Gasteiger partial charge is 0.280 e. The summed E-state index contributed by atoms with van der Waals surface area (Å²) in [5.41, 5.74) is 2.46. The van der Waals surface area contributed by atoms with Crippen molar-refractivity contribution >= 4 is 11.5 Å². The van der Waals surface area contributed by atoms with Gasteiger partial charge in [-0.1, -0.05) is 36.4 Å². The molecule has 0 aromatic heterocycles. The Labute approximate surface area is 116 Å². The molecular formula is C16H13NO3. The molecule has 2 aromatic carbocycles. The number of Topliss-reactive ketones (excluding diaryl/α,β-unsaturated/α-hetero) is 1. The number of carbonyl (C=O) groups is 1. The Hall–Kier alpha value is -2.49. The Morgan fingerprint density at radius 3 is 2.15 bits per heavy atom. The first-order chi connectivity index (χ1) is 9.66. The van der Waals surface area contributed by atoms with Crippen LogP contribution in [0.25, 0.3) is 0 Å². The first-order valence-corrected chi connectivity index (χ1v) is 6.51. The Balaban J connectivity index is 1.91. The third kappa shape index (κ3) is 2.09. The number of nitro groups is 1. The fraction of sp³-hybridized carbons (Fsp3) is 0.188. The summed E-state index contributed by atoms with van der Waals surface area (Å²) in [6, 6.07) is 14.1. The molecule has 1 aliphatic rings. The van der Waals surface area contributed by atoms with Crippen LogP contribution >= 0.6 is 0 Å². The molecule has 4 heteroatoms. The van der Waals surface area contributed by atoms with Gasteiger partial charge in [-0.25, -0.2) is 0 Å². The minimum Gasteiger partial charge on any atom is -0.294 e. The van der Waals surface area contributed by atoms with E-state index in [2.05, 4.69) is 0 Å². The van der Waals surface area contributed by atoms with Crippen LogP contribution in [-0.2, 0) is 12.8 Å². The second-order valence-electron chi connectivity index (χ2n) is 5.01. The lowest BCUT2D eigenvalue weighted by Crippen LogP contribution is -2.16. The predicted octanol–water partition coefficient (Wildman–Crippen LogP) is 3.19. The van der Waals surface area contributed by atoms with E-state index in [1.165, 1.54) is 17.2 Å². The molecule has 100 valence electrons. The van der Waals surface area contributed by atoms with Gasteiger partial charge in [-0.05, 0) is 30.0 Å². The van der Waals surface area contributed by atoms with Gasteiger partial charge < -0.3 is 0 Å². The van der Waals surface area contributed by atoms with Crippen molar-refractivity contribution in [2.24, 2.45) is 5.92 Å². The minimum absolute atomic E-state index is 0.103. The van der Waals surface area contributed by atoms with Crippen molar-refractivity contribution in [2.75, 3.05) is 0 Å². The van der Waals surface area contributed by atoms with E-state index >= 15 is 0 Å². The molecular weight excluding hydrogens is 254 g/mol. The maximum atomic E-state index is 12.5. The number of rotatable bonds is 3. The molecule has 4 nitrogen and oxygen atoms in total. The number of fused-ring (bicyclic) bond motifs is 1. The van der Waals surface area contributed by atoms with Gasteiger partial charge in [0.05, 0.1) is 10.5 Å². The van der Waals surface area contributed by atoms with Crippen molar-refractivity contribution in [1.82, 2.24) is 0 Å². The summed E-state index contributed by atoms with van der Waals surface area (Å²) in [4.78, 5) is 23.1. The van der Waals surface area contributed by atoms with E-state index in [1.54, 1.807) is 18.2 Å². The molecule has 0 saturated heterocycles. The third-order valence-electron chi connectivity index (χ3n) is 3.79. The van der Waals surface area contributed by atoms with Crippen molar-refractivity contribution in [3.05, 3.63) is 75.3 Å². The van der Waals surface area contributed by atoms with Crippen molar-refractivity contribution in [2.45, 2.75) is 12.8 Å². The number of ketones is 1. The Kier molecular flexibility index (Phi) is 3.06. The van der Waals surface area contributed by atoms with Gasteiger partial charge in [0.1, 0.15) is 0 Å². The van der Waals surface area contributed by atoms with E-state index in [0.717, 1.165) is 0 Å². The number of hydrogen-bond donors (Lipinski definition) is 0. The summed E-state index contributed by atoms with van der Waals surface area (Å²) in [7, 11) is 0. The van der Waals surface area contributed by atoms with Gasteiger partial charge in [-0.15, -0.1) is 0 Å². The molecule has 0 unspecified atom stereocenters. The number of hydrogen-bond acceptors (Lipinski definition) is 3. The van der Waals surface area contributed by atoms with Gasteiger partial charge in [0.25, 0.3) is 5.69 Å². The first kappa shape index (κ1) is 12.5. The standard InChI is InChI=1S/C16H13NO3/c18-16(14-7-3-4-8-15(14)17(19)20)13-9-11-5-1-2-6-12(11)10-13/h1-8,13H,9-10H2. The van der Waals surface area contributed by atoms with Crippen LogP contribution in [0.3, 0.4) is 0 Å². The molecule has 0 aliphatic heterocycles. The fourth-order valence-electron chi connectivity index (χ4n) is 2.81. The molecule has 2 aromatic rings. The van der Waals surface area contributed by atoms with E-state index in [4.69, 9.17) is 0 Å². The molecule has 3 rings (SSSR count). The van der Waals surface area contributed by atoms with E-state index < -0.39 is 4.92 Å². The number of nitro benzene ring substituents is 1. The zero-order valence-electron chi connectivity index (χ0n) is 10.8. The van der Waals surface area contributed by atoms with E-state index in [1.807, 2.05) is 24.3 Å². The molecule has 0 atom stereocenters. The topological polar surface area (TPSA) is 60.2 Å². The monoisotopic (exact) mass is 267 g/mol. The minimum atomic E-state index is -0.491. The SMILES string of the molecule is O=C(c1ccccc1[N+](=O)[O-])C1Cc2ccccc2C1. The van der Waals surface area contributed by atoms with Crippen LogP contribution < -0.4 is 0 Å². The van der Waals surface area contributed by atoms with Crippen molar-refractivity contribution in [3.8, 4) is 0 Å². The Bertz CT molecular complexity index is 669. The molecule has 0 fully saturated rings. The van der Waals surface area contributed by atoms with Crippen LogP contribution in [-0.4, -0.2) is 10.7 Å². The zero-order chi connectivity index (χ0) is 14.1. The lowest BCUT2D eigenvalue weighted by Gasteiger charge is -2.08. The summed E-state index contributed by atoms with van der Waals surface area (Å²) in [6.07, 6.45) is 1.34. The third-order valence-corrected chi connectivity index (χ3v) is 3.79. The van der Waals surface area contributed by atoms with Crippen LogP contribution in [0.1, 0.15) is 21.5 Å². The van der Waals surface area contributed by atoms with Gasteiger partial charge in [0, 0.05) is 12.0 Å². The summed E-state index contributed by atoms with van der Waals surface area (Å²) in [5, 5.41) is 11.0. The Morgan fingerprint density at radius 2 is 1.55 bits per heavy atom. The van der Waals surface area contributed by atoms with Crippen LogP contribution in [0.5, 0.6) is 0 Å². The molecule has 1 aliphatic carbocycles. The maximum absolute atomic E-state index is 12.5. The summed E-state index contributed by atoms with van der Waals surface area (Å²) in [6.45, 7) is 0. The van der Waals surface area contributed by atoms with Gasteiger partial charge >= 0.3 is 0 Å². The molecule has 0 heterocycles. The fourth-order valence-corrected chi connectivity index (χ4v) is 2.81. The van der Waals surface area contributed by atoms with E-state index in [9.17, 15) is 14.9 Å². The average Bonchev–Trinajstić information content (AvgIpc) is 2.90. The van der Waals surface area contributed by atoms with E-state index in [-0.39, 0.29) is 23.0 Å². The van der Waals surface area contributed by atoms with Crippen LogP contribution in [0.15, 0.2) is 48.5 Å². The second kappa shape index (κ2) is 4.89. The zero-order valence-corrected chi connectivity index (χ0v) is 10.8. The molecule has 0 saturated carbocycles. The lowest BCUT2D eigenvalue weighted by molar-refractivity contribution is -0.385. The first-order valence-electron chi connectivity index (χ1n) is 6.51. The predicted molar refractivity (Wildman–Crippen MR) is 74.8 cm³/mol. The summed E-state index contributed by atoms with van der Waals surface area (Å²) in [5.74, 6) is -0.318. The highest BCUT2D eigenvalue weighted by molar-refractivity contribution is 6.02. The molecule has 0 amide bonds. The lowest BCUT2D eigenvalue weighted by atomic mass is 9.94. The molecule has 20 heavy (non-hydrogen) atoms. The molecule has 0 radical (unpaired) electrons. The van der Waals surface area contributed by atoms with Crippen LogP contribution in [0.4, 0.5) is 5.69 Å². The Morgan fingerprint density at radius 1 is 1.00 bits per heavy atom. The molecule has 0 bridgehead atoms. The van der Waals surface area contributed by atoms with Crippen LogP contribution in [0, 0.1) is 16.0 Å². The highest BCUT2D eigenvalue weighted by Gasteiger charge is 2.31. The average molecular weight is 267 g/mol. The van der Waals surface area contributed by atoms with Gasteiger partial charge in [0.2, 0.25) is 0 Å². The maximum Gasteiger partial charge on any atom is 0.280 e. The number of benzene rings is 2. The van der Waals surface area contributed by atoms with Crippen molar-refractivity contribution in [1.29, 1.82) is 0 Å². The number of carbonyl (C=O) groups excluding carboxylic acids is 1.